The monoisotopic (exact) mass is 338 g/mol. The van der Waals surface area contributed by atoms with E-state index in [9.17, 15) is 22.8 Å². The number of phenols is 1. The van der Waals surface area contributed by atoms with E-state index in [1.807, 2.05) is 0 Å². The summed E-state index contributed by atoms with van der Waals surface area (Å²) in [6, 6.07) is 4.23. The van der Waals surface area contributed by atoms with Gasteiger partial charge in [0, 0.05) is 13.1 Å². The number of hydrogen-bond donors (Lipinski definition) is 3. The number of carbonyl (C=O) groups excluding carboxylic acids is 2. The molecule has 0 unspecified atom stereocenters. The molecular weight excluding hydrogens is 325 g/mol. The minimum atomic E-state index is -1.36. The van der Waals surface area contributed by atoms with E-state index in [-0.39, 0.29) is 11.3 Å². The molecule has 0 radical (unpaired) electrons. The van der Waals surface area contributed by atoms with Crippen molar-refractivity contribution in [2.75, 3.05) is 7.05 Å². The topological polar surface area (TPSA) is 78.4 Å². The van der Waals surface area contributed by atoms with Gasteiger partial charge < -0.3 is 15.7 Å². The third kappa shape index (κ3) is 3.65. The Bertz CT molecular complexity index is 796. The minimum absolute atomic E-state index is 0.0132. The molecular formula is C16H13F3N2O3. The van der Waals surface area contributed by atoms with E-state index in [1.54, 1.807) is 0 Å². The van der Waals surface area contributed by atoms with Gasteiger partial charge in [-0.05, 0) is 29.8 Å². The third-order valence-corrected chi connectivity index (χ3v) is 3.26. The molecule has 0 saturated carbocycles. The summed E-state index contributed by atoms with van der Waals surface area (Å²) in [6.45, 7) is 0. The van der Waals surface area contributed by atoms with Gasteiger partial charge in [-0.1, -0.05) is 6.07 Å². The molecule has 3 N–H and O–H groups in total. The number of halogens is 3. The van der Waals surface area contributed by atoms with Crippen molar-refractivity contribution in [3.05, 3.63) is 65.0 Å². The molecule has 8 heteroatoms. The van der Waals surface area contributed by atoms with E-state index in [1.165, 1.54) is 7.05 Å². The second-order valence-corrected chi connectivity index (χ2v) is 4.86. The highest BCUT2D eigenvalue weighted by Gasteiger charge is 2.24. The summed E-state index contributed by atoms with van der Waals surface area (Å²) in [5.41, 5.74) is -0.426. The number of nitrogens with one attached hydrogen (secondary N) is 2. The highest BCUT2D eigenvalue weighted by atomic mass is 19.2. The molecule has 0 heterocycles. The number of aromatic hydroxyl groups is 1. The Morgan fingerprint density at radius 2 is 1.71 bits per heavy atom. The first-order valence-corrected chi connectivity index (χ1v) is 6.79. The Balaban J connectivity index is 2.33. The zero-order valence-electron chi connectivity index (χ0n) is 12.4. The molecule has 0 saturated heterocycles. The van der Waals surface area contributed by atoms with Crippen LogP contribution in [0.2, 0.25) is 0 Å². The van der Waals surface area contributed by atoms with Crippen molar-refractivity contribution in [1.82, 2.24) is 10.6 Å². The van der Waals surface area contributed by atoms with Crippen LogP contribution in [0.3, 0.4) is 0 Å². The summed E-state index contributed by atoms with van der Waals surface area (Å²) in [6.07, 6.45) is 0. The van der Waals surface area contributed by atoms with Gasteiger partial charge in [0.25, 0.3) is 5.91 Å². The molecule has 126 valence electrons. The highest BCUT2D eigenvalue weighted by molar-refractivity contribution is 5.98. The van der Waals surface area contributed by atoms with Gasteiger partial charge in [-0.3, -0.25) is 9.59 Å². The predicted molar refractivity (Wildman–Crippen MR) is 78.7 cm³/mol. The summed E-state index contributed by atoms with van der Waals surface area (Å²) >= 11 is 0. The lowest BCUT2D eigenvalue weighted by Crippen LogP contribution is -2.39. The molecule has 1 atom stereocenters. The van der Waals surface area contributed by atoms with E-state index in [0.29, 0.717) is 0 Å². The molecule has 0 bridgehead atoms. The van der Waals surface area contributed by atoms with Crippen molar-refractivity contribution < 1.29 is 27.9 Å². The summed E-state index contributed by atoms with van der Waals surface area (Å²) in [5.74, 6) is -5.31. The fourth-order valence-electron chi connectivity index (χ4n) is 2.03. The summed E-state index contributed by atoms with van der Waals surface area (Å²) in [4.78, 5) is 24.1. The lowest BCUT2D eigenvalue weighted by Gasteiger charge is -2.18. The molecule has 2 amide bonds. The van der Waals surface area contributed by atoms with Crippen molar-refractivity contribution in [1.29, 1.82) is 0 Å². The van der Waals surface area contributed by atoms with E-state index in [2.05, 4.69) is 10.6 Å². The van der Waals surface area contributed by atoms with Crippen LogP contribution in [0.15, 0.2) is 36.4 Å². The second kappa shape index (κ2) is 7.03. The van der Waals surface area contributed by atoms with Crippen molar-refractivity contribution in [3.63, 3.8) is 0 Å². The molecule has 0 aliphatic carbocycles. The minimum Gasteiger partial charge on any atom is -0.508 e. The summed E-state index contributed by atoms with van der Waals surface area (Å²) in [5, 5.41) is 13.7. The van der Waals surface area contributed by atoms with Gasteiger partial charge in [0.1, 0.15) is 17.6 Å². The van der Waals surface area contributed by atoms with E-state index in [4.69, 9.17) is 5.11 Å². The van der Waals surface area contributed by atoms with Crippen LogP contribution in [0.1, 0.15) is 22.0 Å². The van der Waals surface area contributed by atoms with Gasteiger partial charge in [-0.2, -0.15) is 0 Å². The highest BCUT2D eigenvalue weighted by Crippen LogP contribution is 2.19. The standard InChI is InChI=1S/C16H13F3N2O3/c1-20-16(24)14(8-2-5-11(17)13(19)6-8)21-15(23)10-4-3-9(22)7-12(10)18/h2-7,14,22H,1H3,(H,20,24)(H,21,23)/t14-/m0/s1. The number of amides is 2. The van der Waals surface area contributed by atoms with Crippen LogP contribution in [-0.4, -0.2) is 24.0 Å². The van der Waals surface area contributed by atoms with E-state index < -0.39 is 40.9 Å². The Morgan fingerprint density at radius 1 is 1.00 bits per heavy atom. The van der Waals surface area contributed by atoms with Gasteiger partial charge in [0.05, 0.1) is 5.56 Å². The van der Waals surface area contributed by atoms with Crippen molar-refractivity contribution in [2.45, 2.75) is 6.04 Å². The Labute approximate surface area is 135 Å². The molecule has 2 rings (SSSR count). The van der Waals surface area contributed by atoms with Gasteiger partial charge in [-0.25, -0.2) is 13.2 Å². The fourth-order valence-corrected chi connectivity index (χ4v) is 2.03. The summed E-state index contributed by atoms with van der Waals surface area (Å²) < 4.78 is 40.1. The smallest absolute Gasteiger partial charge is 0.255 e. The lowest BCUT2D eigenvalue weighted by atomic mass is 10.0. The Hall–Kier alpha value is -3.03. The lowest BCUT2D eigenvalue weighted by molar-refractivity contribution is -0.122. The molecule has 5 nitrogen and oxygen atoms in total. The first kappa shape index (κ1) is 17.3. The maximum Gasteiger partial charge on any atom is 0.255 e. The van der Waals surface area contributed by atoms with Crippen LogP contribution >= 0.6 is 0 Å². The van der Waals surface area contributed by atoms with Gasteiger partial charge in [-0.15, -0.1) is 0 Å². The normalized spacial score (nSPS) is 11.7. The number of rotatable bonds is 4. The largest absolute Gasteiger partial charge is 0.508 e. The molecule has 0 fully saturated rings. The Morgan fingerprint density at radius 3 is 2.29 bits per heavy atom. The molecule has 24 heavy (non-hydrogen) atoms. The molecule has 2 aromatic carbocycles. The fraction of sp³-hybridized carbons (Fsp3) is 0.125. The number of hydrogen-bond acceptors (Lipinski definition) is 3. The van der Waals surface area contributed by atoms with Gasteiger partial charge >= 0.3 is 0 Å². The van der Waals surface area contributed by atoms with Crippen LogP contribution in [0.25, 0.3) is 0 Å². The van der Waals surface area contributed by atoms with Crippen molar-refractivity contribution >= 4 is 11.8 Å². The maximum atomic E-state index is 13.7. The first-order chi connectivity index (χ1) is 11.3. The average Bonchev–Trinajstić information content (AvgIpc) is 2.54. The Kier molecular flexibility index (Phi) is 5.08. The second-order valence-electron chi connectivity index (χ2n) is 4.86. The average molecular weight is 338 g/mol. The molecule has 0 aromatic heterocycles. The van der Waals surface area contributed by atoms with E-state index >= 15 is 0 Å². The van der Waals surface area contributed by atoms with Crippen molar-refractivity contribution in [3.8, 4) is 5.75 Å². The molecule has 0 spiro atoms. The zero-order valence-corrected chi connectivity index (χ0v) is 12.4. The van der Waals surface area contributed by atoms with Crippen LogP contribution < -0.4 is 10.6 Å². The maximum absolute atomic E-state index is 13.7. The third-order valence-electron chi connectivity index (χ3n) is 3.26. The number of phenolic OH excluding ortho intramolecular Hbond substituents is 1. The predicted octanol–water partition coefficient (Wildman–Crippen LogP) is 2.03. The molecule has 2 aromatic rings. The molecule has 0 aliphatic heterocycles. The van der Waals surface area contributed by atoms with Crippen LogP contribution in [0.4, 0.5) is 13.2 Å². The van der Waals surface area contributed by atoms with Crippen LogP contribution in [0, 0.1) is 17.5 Å². The number of benzene rings is 2. The molecule has 0 aliphatic rings. The van der Waals surface area contributed by atoms with Crippen molar-refractivity contribution in [2.24, 2.45) is 0 Å². The quantitative estimate of drug-likeness (QED) is 0.798. The van der Waals surface area contributed by atoms with Gasteiger partial charge in [0.2, 0.25) is 5.91 Å². The van der Waals surface area contributed by atoms with E-state index in [0.717, 1.165) is 36.4 Å². The SMILES string of the molecule is CNC(=O)[C@@H](NC(=O)c1ccc(O)cc1F)c1ccc(F)c(F)c1. The zero-order chi connectivity index (χ0) is 17.9. The van der Waals surface area contributed by atoms with Crippen LogP contribution in [0.5, 0.6) is 5.75 Å². The van der Waals surface area contributed by atoms with Crippen LogP contribution in [-0.2, 0) is 4.79 Å². The number of likely N-dealkylation sites (N-methyl/N-ethyl adjacent to an activating group) is 1. The van der Waals surface area contributed by atoms with Gasteiger partial charge in [0.15, 0.2) is 11.6 Å². The number of carbonyl (C=O) groups is 2. The summed E-state index contributed by atoms with van der Waals surface area (Å²) in [7, 11) is 1.29. The first-order valence-electron chi connectivity index (χ1n) is 6.79.